The lowest BCUT2D eigenvalue weighted by molar-refractivity contribution is -0.138. The molecule has 0 bridgehead atoms. The molecule has 1 heterocycles. The molecule has 0 spiro atoms. The van der Waals surface area contributed by atoms with Crippen LogP contribution >= 0.6 is 0 Å². The summed E-state index contributed by atoms with van der Waals surface area (Å²) in [5, 5.41) is 2.86. The highest BCUT2D eigenvalue weighted by atomic mass is 32.2. The van der Waals surface area contributed by atoms with Gasteiger partial charge >= 0.3 is 5.97 Å². The van der Waals surface area contributed by atoms with Gasteiger partial charge in [0.1, 0.15) is 6.54 Å². The number of ether oxygens (including phenoxy) is 2. The van der Waals surface area contributed by atoms with Gasteiger partial charge in [0.25, 0.3) is 0 Å². The van der Waals surface area contributed by atoms with E-state index in [-0.39, 0.29) is 11.4 Å². The molecule has 1 fully saturated rings. The van der Waals surface area contributed by atoms with Crippen LogP contribution in [0.2, 0.25) is 0 Å². The number of sulfonamides is 1. The van der Waals surface area contributed by atoms with E-state index in [1.165, 1.54) is 11.4 Å². The number of morpholine rings is 1. The van der Waals surface area contributed by atoms with Gasteiger partial charge in [0.05, 0.1) is 25.2 Å². The molecule has 8 heteroatoms. The molecule has 122 valence electrons. The molecule has 1 saturated heterocycles. The van der Waals surface area contributed by atoms with E-state index in [2.05, 4.69) is 10.1 Å². The first-order valence-electron chi connectivity index (χ1n) is 6.94. The third-order valence-corrected chi connectivity index (χ3v) is 5.48. The van der Waals surface area contributed by atoms with Crippen molar-refractivity contribution in [1.29, 1.82) is 0 Å². The van der Waals surface area contributed by atoms with Crippen molar-refractivity contribution in [3.8, 4) is 0 Å². The number of nitrogens with one attached hydrogen (secondary N) is 1. The van der Waals surface area contributed by atoms with Crippen molar-refractivity contribution in [2.45, 2.75) is 11.8 Å². The normalized spacial score (nSPS) is 16.3. The lowest BCUT2D eigenvalue weighted by Gasteiger charge is -2.26. The number of nitrogens with zero attached hydrogens (tertiary/aromatic N) is 1. The summed E-state index contributed by atoms with van der Waals surface area (Å²) in [7, 11) is -2.26. The summed E-state index contributed by atoms with van der Waals surface area (Å²) >= 11 is 0. The summed E-state index contributed by atoms with van der Waals surface area (Å²) in [6.45, 7) is 3.23. The van der Waals surface area contributed by atoms with Crippen LogP contribution < -0.4 is 5.32 Å². The Bertz CT molecular complexity index is 639. The van der Waals surface area contributed by atoms with Gasteiger partial charge in [-0.2, -0.15) is 4.31 Å². The molecule has 1 aliphatic rings. The lowest BCUT2D eigenvalue weighted by atomic mass is 10.2. The predicted molar refractivity (Wildman–Crippen MR) is 81.3 cm³/mol. The highest BCUT2D eigenvalue weighted by Gasteiger charge is 2.27. The zero-order valence-corrected chi connectivity index (χ0v) is 13.5. The second kappa shape index (κ2) is 7.08. The van der Waals surface area contributed by atoms with E-state index >= 15 is 0 Å². The van der Waals surface area contributed by atoms with Crippen LogP contribution in [-0.2, 0) is 24.3 Å². The van der Waals surface area contributed by atoms with Gasteiger partial charge in [-0.25, -0.2) is 8.42 Å². The van der Waals surface area contributed by atoms with E-state index in [1.807, 2.05) is 0 Å². The van der Waals surface area contributed by atoms with Crippen LogP contribution in [0.4, 0.5) is 5.69 Å². The van der Waals surface area contributed by atoms with Crippen LogP contribution in [0.3, 0.4) is 0 Å². The van der Waals surface area contributed by atoms with Crippen LogP contribution in [0, 0.1) is 6.92 Å². The summed E-state index contributed by atoms with van der Waals surface area (Å²) in [6, 6.07) is 4.99. The van der Waals surface area contributed by atoms with E-state index in [4.69, 9.17) is 4.74 Å². The van der Waals surface area contributed by atoms with Crippen LogP contribution in [0.25, 0.3) is 0 Å². The van der Waals surface area contributed by atoms with E-state index < -0.39 is 16.0 Å². The predicted octanol–water partition coefficient (Wildman–Crippen LogP) is 0.601. The van der Waals surface area contributed by atoms with E-state index in [0.717, 1.165) is 0 Å². The van der Waals surface area contributed by atoms with Crippen molar-refractivity contribution in [2.24, 2.45) is 0 Å². The highest BCUT2D eigenvalue weighted by molar-refractivity contribution is 7.89. The lowest BCUT2D eigenvalue weighted by Crippen LogP contribution is -2.40. The van der Waals surface area contributed by atoms with Crippen molar-refractivity contribution in [3.63, 3.8) is 0 Å². The molecule has 1 N–H and O–H groups in total. The Morgan fingerprint density at radius 3 is 2.68 bits per heavy atom. The molecule has 1 aromatic rings. The molecule has 0 aliphatic carbocycles. The minimum atomic E-state index is -3.56. The minimum absolute atomic E-state index is 0.0173. The third kappa shape index (κ3) is 3.76. The Morgan fingerprint density at radius 1 is 1.36 bits per heavy atom. The first-order valence-corrected chi connectivity index (χ1v) is 8.38. The van der Waals surface area contributed by atoms with Gasteiger partial charge in [0, 0.05) is 18.8 Å². The topological polar surface area (TPSA) is 84.9 Å². The zero-order chi connectivity index (χ0) is 16.2. The first kappa shape index (κ1) is 16.7. The van der Waals surface area contributed by atoms with Crippen LogP contribution in [0.5, 0.6) is 0 Å². The number of rotatable bonds is 5. The fraction of sp³-hybridized carbons (Fsp3) is 0.500. The van der Waals surface area contributed by atoms with Gasteiger partial charge in [-0.15, -0.1) is 0 Å². The fourth-order valence-electron chi connectivity index (χ4n) is 2.16. The Balaban J connectivity index is 2.23. The summed E-state index contributed by atoms with van der Waals surface area (Å²) < 4.78 is 36.6. The number of methoxy groups -OCH3 is 1. The van der Waals surface area contributed by atoms with E-state index in [9.17, 15) is 13.2 Å². The van der Waals surface area contributed by atoms with Crippen molar-refractivity contribution < 1.29 is 22.7 Å². The zero-order valence-electron chi connectivity index (χ0n) is 12.7. The Morgan fingerprint density at radius 2 is 2.05 bits per heavy atom. The molecule has 1 aromatic carbocycles. The number of carbonyl (C=O) groups excluding carboxylic acids is 1. The van der Waals surface area contributed by atoms with Crippen molar-refractivity contribution in [2.75, 3.05) is 45.3 Å². The molecule has 0 aromatic heterocycles. The molecule has 22 heavy (non-hydrogen) atoms. The fourth-order valence-corrected chi connectivity index (χ4v) is 3.82. The number of esters is 1. The van der Waals surface area contributed by atoms with Crippen molar-refractivity contribution >= 4 is 21.7 Å². The number of carbonyl (C=O) groups is 1. The number of aryl methyl sites for hydroxylation is 1. The van der Waals surface area contributed by atoms with Crippen LogP contribution in [-0.4, -0.2) is 58.7 Å². The van der Waals surface area contributed by atoms with Gasteiger partial charge in [-0.05, 0) is 24.6 Å². The smallest absolute Gasteiger partial charge is 0.325 e. The molecule has 1 aliphatic heterocycles. The van der Waals surface area contributed by atoms with Gasteiger partial charge in [-0.1, -0.05) is 6.07 Å². The quantitative estimate of drug-likeness (QED) is 0.797. The highest BCUT2D eigenvalue weighted by Crippen LogP contribution is 2.24. The van der Waals surface area contributed by atoms with Gasteiger partial charge in [-0.3, -0.25) is 4.79 Å². The molecule has 0 radical (unpaired) electrons. The SMILES string of the molecule is COC(=O)CNc1ccc(C)c(S(=O)(=O)N2CCOCC2)c1. The Hall–Kier alpha value is -1.64. The molecular formula is C14H20N2O5S. The van der Waals surface area contributed by atoms with E-state index in [1.54, 1.807) is 25.1 Å². The monoisotopic (exact) mass is 328 g/mol. The number of hydrogen-bond donors (Lipinski definition) is 1. The molecule has 0 unspecified atom stereocenters. The summed E-state index contributed by atoms with van der Waals surface area (Å²) in [6.07, 6.45) is 0. The van der Waals surface area contributed by atoms with Gasteiger partial charge < -0.3 is 14.8 Å². The minimum Gasteiger partial charge on any atom is -0.468 e. The largest absolute Gasteiger partial charge is 0.468 e. The molecule has 7 nitrogen and oxygen atoms in total. The van der Waals surface area contributed by atoms with Crippen LogP contribution in [0.1, 0.15) is 5.56 Å². The molecule has 0 atom stereocenters. The maximum atomic E-state index is 12.7. The Labute approximate surface area is 130 Å². The second-order valence-electron chi connectivity index (χ2n) is 4.93. The molecule has 2 rings (SSSR count). The third-order valence-electron chi connectivity index (χ3n) is 3.44. The number of hydrogen-bond acceptors (Lipinski definition) is 6. The average molecular weight is 328 g/mol. The van der Waals surface area contributed by atoms with Crippen molar-refractivity contribution in [3.05, 3.63) is 23.8 Å². The molecule has 0 saturated carbocycles. The second-order valence-corrected chi connectivity index (χ2v) is 6.83. The van der Waals surface area contributed by atoms with E-state index in [0.29, 0.717) is 37.6 Å². The molecular weight excluding hydrogens is 308 g/mol. The number of benzene rings is 1. The standard InChI is InChI=1S/C14H20N2O5S/c1-11-3-4-12(15-10-14(17)20-2)9-13(11)22(18,19)16-5-7-21-8-6-16/h3-4,9,15H,5-8,10H2,1-2H3. The average Bonchev–Trinajstić information content (AvgIpc) is 2.54. The maximum Gasteiger partial charge on any atom is 0.325 e. The number of anilines is 1. The van der Waals surface area contributed by atoms with Gasteiger partial charge in [0.15, 0.2) is 0 Å². The Kier molecular flexibility index (Phi) is 5.38. The summed E-state index contributed by atoms with van der Waals surface area (Å²) in [5.41, 5.74) is 1.22. The van der Waals surface area contributed by atoms with Crippen molar-refractivity contribution in [1.82, 2.24) is 4.31 Å². The first-order chi connectivity index (χ1) is 10.4. The van der Waals surface area contributed by atoms with Crippen LogP contribution in [0.15, 0.2) is 23.1 Å². The maximum absolute atomic E-state index is 12.7. The van der Waals surface area contributed by atoms with Gasteiger partial charge in [0.2, 0.25) is 10.0 Å². The summed E-state index contributed by atoms with van der Waals surface area (Å²) in [5.74, 6) is -0.418. The summed E-state index contributed by atoms with van der Waals surface area (Å²) in [4.78, 5) is 11.4. The molecule has 0 amide bonds.